The summed E-state index contributed by atoms with van der Waals surface area (Å²) in [5.41, 5.74) is 4.13. The molecule has 2 fully saturated rings. The van der Waals surface area contributed by atoms with E-state index in [1.165, 1.54) is 23.1 Å². The highest BCUT2D eigenvalue weighted by Crippen LogP contribution is 2.61. The number of aryl methyl sites for hydroxylation is 1. The van der Waals surface area contributed by atoms with Crippen molar-refractivity contribution in [1.82, 2.24) is 0 Å². The highest BCUT2D eigenvalue weighted by Gasteiger charge is 2.57. The molecule has 2 aromatic rings. The van der Waals surface area contributed by atoms with Crippen molar-refractivity contribution < 1.29 is 9.53 Å². The highest BCUT2D eigenvalue weighted by atomic mass is 16.5. The van der Waals surface area contributed by atoms with E-state index < -0.39 is 0 Å². The molecule has 0 spiro atoms. The molecular weight excluding hydrogens is 344 g/mol. The Labute approximate surface area is 168 Å². The number of fused-ring (bicyclic) bond motifs is 5. The molecule has 2 saturated carbocycles. The molecule has 0 aliphatic heterocycles. The van der Waals surface area contributed by atoms with Crippen molar-refractivity contribution >= 4 is 5.78 Å². The first-order valence-electron chi connectivity index (χ1n) is 10.9. The quantitative estimate of drug-likeness (QED) is 0.665. The van der Waals surface area contributed by atoms with Gasteiger partial charge in [0.15, 0.2) is 0 Å². The Morgan fingerprint density at radius 1 is 1.11 bits per heavy atom. The molecule has 0 N–H and O–H groups in total. The third-order valence-corrected chi connectivity index (χ3v) is 7.96. The minimum Gasteiger partial charge on any atom is -0.489 e. The van der Waals surface area contributed by atoms with Crippen molar-refractivity contribution in [3.8, 4) is 5.75 Å². The summed E-state index contributed by atoms with van der Waals surface area (Å²) in [5.74, 6) is 3.91. The standard InChI is InChI=1S/C26H30O2/c1-17-14-24(27)26(2)13-12-22-21-11-9-20(28-16-18-6-4-3-5-7-18)15-19(21)8-10-23(22)25(17)26/h3-7,9,11,15,17,22-23,25H,8,10,12-14,16H2,1-2H3/t17?,22-,23-,25?,26-/m1/s1. The van der Waals surface area contributed by atoms with Gasteiger partial charge in [-0.1, -0.05) is 50.2 Å². The normalized spacial score (nSPS) is 33.7. The molecule has 5 rings (SSSR count). The average molecular weight is 375 g/mol. The van der Waals surface area contributed by atoms with Gasteiger partial charge in [-0.05, 0) is 78.2 Å². The molecule has 0 saturated heterocycles. The minimum absolute atomic E-state index is 0.0587. The molecule has 146 valence electrons. The largest absolute Gasteiger partial charge is 0.489 e. The van der Waals surface area contributed by atoms with Gasteiger partial charge in [0.25, 0.3) is 0 Å². The Kier molecular flexibility index (Phi) is 4.34. The first-order chi connectivity index (χ1) is 13.6. The van der Waals surface area contributed by atoms with Crippen molar-refractivity contribution in [2.24, 2.45) is 23.2 Å². The first kappa shape index (κ1) is 18.0. The van der Waals surface area contributed by atoms with Crippen LogP contribution in [0.25, 0.3) is 0 Å². The maximum absolute atomic E-state index is 12.7. The van der Waals surface area contributed by atoms with E-state index in [1.807, 2.05) is 6.07 Å². The van der Waals surface area contributed by atoms with Crippen LogP contribution in [0.3, 0.4) is 0 Å². The van der Waals surface area contributed by atoms with Crippen molar-refractivity contribution in [1.29, 1.82) is 0 Å². The minimum atomic E-state index is -0.0587. The summed E-state index contributed by atoms with van der Waals surface area (Å²) in [4.78, 5) is 12.7. The monoisotopic (exact) mass is 374 g/mol. The van der Waals surface area contributed by atoms with Gasteiger partial charge in [-0.15, -0.1) is 0 Å². The fraction of sp³-hybridized carbons (Fsp3) is 0.500. The summed E-state index contributed by atoms with van der Waals surface area (Å²) in [6.45, 7) is 5.19. The summed E-state index contributed by atoms with van der Waals surface area (Å²) in [5, 5.41) is 0. The molecule has 2 nitrogen and oxygen atoms in total. The Hall–Kier alpha value is -2.09. The lowest BCUT2D eigenvalue weighted by molar-refractivity contribution is -0.129. The van der Waals surface area contributed by atoms with Crippen LogP contribution in [0, 0.1) is 23.2 Å². The van der Waals surface area contributed by atoms with Gasteiger partial charge < -0.3 is 4.74 Å². The third-order valence-electron chi connectivity index (χ3n) is 7.96. The van der Waals surface area contributed by atoms with Crippen LogP contribution in [0.15, 0.2) is 48.5 Å². The second-order valence-electron chi connectivity index (χ2n) is 9.53. The van der Waals surface area contributed by atoms with Crippen LogP contribution >= 0.6 is 0 Å². The van der Waals surface area contributed by atoms with E-state index in [9.17, 15) is 4.79 Å². The zero-order chi connectivity index (χ0) is 19.3. The number of hydrogen-bond donors (Lipinski definition) is 0. The van der Waals surface area contributed by atoms with E-state index in [0.29, 0.717) is 36.1 Å². The van der Waals surface area contributed by atoms with Crippen LogP contribution < -0.4 is 4.74 Å². The second kappa shape index (κ2) is 6.76. The Morgan fingerprint density at radius 2 is 1.93 bits per heavy atom. The fourth-order valence-electron chi connectivity index (χ4n) is 6.67. The van der Waals surface area contributed by atoms with Crippen LogP contribution in [0.4, 0.5) is 0 Å². The van der Waals surface area contributed by atoms with Gasteiger partial charge in [-0.3, -0.25) is 4.79 Å². The highest BCUT2D eigenvalue weighted by molar-refractivity contribution is 5.87. The lowest BCUT2D eigenvalue weighted by Gasteiger charge is -2.49. The Balaban J connectivity index is 1.37. The number of ketones is 1. The average Bonchev–Trinajstić information content (AvgIpc) is 2.95. The van der Waals surface area contributed by atoms with Crippen LogP contribution in [0.2, 0.25) is 0 Å². The molecule has 3 aliphatic rings. The van der Waals surface area contributed by atoms with E-state index in [-0.39, 0.29) is 5.41 Å². The maximum Gasteiger partial charge on any atom is 0.139 e. The number of ether oxygens (including phenoxy) is 1. The molecular formula is C26H30O2. The summed E-state index contributed by atoms with van der Waals surface area (Å²) in [7, 11) is 0. The molecule has 0 bridgehead atoms. The molecule has 5 atom stereocenters. The van der Waals surface area contributed by atoms with Crippen molar-refractivity contribution in [3.63, 3.8) is 0 Å². The predicted molar refractivity (Wildman–Crippen MR) is 111 cm³/mol. The van der Waals surface area contributed by atoms with Gasteiger partial charge in [0.1, 0.15) is 18.1 Å². The number of carbonyl (C=O) groups excluding carboxylic acids is 1. The van der Waals surface area contributed by atoms with Crippen LogP contribution in [-0.4, -0.2) is 5.78 Å². The molecule has 0 radical (unpaired) electrons. The third kappa shape index (κ3) is 2.80. The molecule has 2 unspecified atom stereocenters. The van der Waals surface area contributed by atoms with Crippen molar-refractivity contribution in [2.75, 3.05) is 0 Å². The van der Waals surface area contributed by atoms with Gasteiger partial charge in [0.05, 0.1) is 0 Å². The molecule has 28 heavy (non-hydrogen) atoms. The first-order valence-corrected chi connectivity index (χ1v) is 10.9. The summed E-state index contributed by atoms with van der Waals surface area (Å²) in [6, 6.07) is 17.1. The lowest BCUT2D eigenvalue weighted by atomic mass is 9.54. The molecule has 2 heteroatoms. The van der Waals surface area contributed by atoms with Gasteiger partial charge in [-0.25, -0.2) is 0 Å². The topological polar surface area (TPSA) is 26.3 Å². The zero-order valence-corrected chi connectivity index (χ0v) is 17.0. The van der Waals surface area contributed by atoms with Crippen LogP contribution in [0.5, 0.6) is 5.75 Å². The summed E-state index contributed by atoms with van der Waals surface area (Å²) >= 11 is 0. The van der Waals surface area contributed by atoms with E-state index in [2.05, 4.69) is 56.3 Å². The van der Waals surface area contributed by atoms with E-state index in [0.717, 1.165) is 31.4 Å². The van der Waals surface area contributed by atoms with Gasteiger partial charge >= 0.3 is 0 Å². The van der Waals surface area contributed by atoms with Crippen molar-refractivity contribution in [2.45, 2.75) is 58.5 Å². The second-order valence-corrected chi connectivity index (χ2v) is 9.53. The number of rotatable bonds is 3. The number of hydrogen-bond acceptors (Lipinski definition) is 2. The summed E-state index contributed by atoms with van der Waals surface area (Å²) in [6.07, 6.45) is 5.36. The number of benzene rings is 2. The van der Waals surface area contributed by atoms with Gasteiger partial charge in [-0.2, -0.15) is 0 Å². The molecule has 2 aromatic carbocycles. The zero-order valence-electron chi connectivity index (χ0n) is 17.0. The molecule has 0 aromatic heterocycles. The van der Waals surface area contributed by atoms with E-state index >= 15 is 0 Å². The fourth-order valence-corrected chi connectivity index (χ4v) is 6.67. The van der Waals surface area contributed by atoms with E-state index in [1.54, 1.807) is 0 Å². The van der Waals surface area contributed by atoms with Gasteiger partial charge in [0.2, 0.25) is 0 Å². The van der Waals surface area contributed by atoms with Gasteiger partial charge in [0, 0.05) is 11.8 Å². The molecule has 0 heterocycles. The maximum atomic E-state index is 12.7. The van der Waals surface area contributed by atoms with Crippen LogP contribution in [-0.2, 0) is 17.8 Å². The molecule has 3 aliphatic carbocycles. The van der Waals surface area contributed by atoms with Crippen molar-refractivity contribution in [3.05, 3.63) is 65.2 Å². The SMILES string of the molecule is CC1CC(=O)[C@@]2(C)CC[C@@H]3c4ccc(OCc5ccccc5)cc4CC[C@H]3C12. The number of Topliss-reactive ketones (excluding diaryl/α,β-unsaturated/α-hetero) is 1. The number of carbonyl (C=O) groups is 1. The molecule has 0 amide bonds. The summed E-state index contributed by atoms with van der Waals surface area (Å²) < 4.78 is 6.07. The Bertz CT molecular complexity index is 887. The van der Waals surface area contributed by atoms with Crippen LogP contribution in [0.1, 0.15) is 62.1 Å². The predicted octanol–water partition coefficient (Wildman–Crippen LogP) is 5.94. The van der Waals surface area contributed by atoms with E-state index in [4.69, 9.17) is 4.74 Å². The smallest absolute Gasteiger partial charge is 0.139 e. The lowest BCUT2D eigenvalue weighted by Crippen LogP contribution is -2.43. The Morgan fingerprint density at radius 3 is 2.75 bits per heavy atom.